The molecule has 1 heterocycles. The number of nitrogens with one attached hydrogen (secondary N) is 2. The number of halogens is 2. The summed E-state index contributed by atoms with van der Waals surface area (Å²) in [6.45, 7) is 5.45. The second kappa shape index (κ2) is 9.62. The van der Waals surface area contributed by atoms with E-state index in [9.17, 15) is 22.0 Å². The molecular weight excluding hydrogens is 411 g/mol. The van der Waals surface area contributed by atoms with E-state index < -0.39 is 24.5 Å². The first-order valence-electron chi connectivity index (χ1n) is 8.66. The summed E-state index contributed by atoms with van der Waals surface area (Å²) in [4.78, 5) is 14.0. The highest BCUT2D eigenvalue weighted by molar-refractivity contribution is 7.92. The molecule has 0 bridgehead atoms. The van der Waals surface area contributed by atoms with Crippen LogP contribution in [0.3, 0.4) is 0 Å². The van der Waals surface area contributed by atoms with E-state index in [1.165, 1.54) is 18.8 Å². The zero-order chi connectivity index (χ0) is 20.8. The van der Waals surface area contributed by atoms with Crippen molar-refractivity contribution in [3.63, 3.8) is 0 Å². The lowest BCUT2D eigenvalue weighted by Crippen LogP contribution is -2.50. The minimum atomic E-state index is -3.55. The number of likely N-dealkylation sites (tertiary alicyclic amines) is 1. The Labute approximate surface area is 165 Å². The van der Waals surface area contributed by atoms with Crippen molar-refractivity contribution in [2.75, 3.05) is 31.6 Å². The number of rotatable bonds is 9. The molecule has 1 saturated heterocycles. The van der Waals surface area contributed by atoms with Crippen LogP contribution in [0.25, 0.3) is 0 Å². The number of piperidine rings is 1. The molecule has 11 heteroatoms. The van der Waals surface area contributed by atoms with Gasteiger partial charge < -0.3 is 15.0 Å². The first-order chi connectivity index (χ1) is 13.1. The lowest BCUT2D eigenvalue weighted by Gasteiger charge is -2.33. The monoisotopic (exact) mass is 435 g/mol. The van der Waals surface area contributed by atoms with Gasteiger partial charge in [0.05, 0.1) is 6.54 Å². The van der Waals surface area contributed by atoms with Gasteiger partial charge in [-0.05, 0) is 52.4 Å². The van der Waals surface area contributed by atoms with Crippen LogP contribution < -0.4 is 14.8 Å². The largest absolute Gasteiger partial charge is 0.430 e. The summed E-state index contributed by atoms with van der Waals surface area (Å²) >= 11 is 0. The summed E-state index contributed by atoms with van der Waals surface area (Å²) in [6.07, 6.45) is 1.34. The average molecular weight is 435 g/mol. The van der Waals surface area contributed by atoms with Crippen molar-refractivity contribution in [1.29, 1.82) is 0 Å². The molecule has 1 aromatic carbocycles. The maximum absolute atomic E-state index is 13.2. The first-order valence-corrected chi connectivity index (χ1v) is 11.7. The van der Waals surface area contributed by atoms with Crippen LogP contribution >= 0.6 is 8.58 Å². The van der Waals surface area contributed by atoms with E-state index in [2.05, 4.69) is 21.4 Å². The Bertz CT molecular complexity index is 790. The van der Waals surface area contributed by atoms with E-state index in [4.69, 9.17) is 0 Å². The number of sulfonamides is 1. The molecule has 1 aromatic rings. The van der Waals surface area contributed by atoms with Crippen molar-refractivity contribution in [1.82, 2.24) is 9.62 Å². The van der Waals surface area contributed by atoms with Crippen LogP contribution in [0, 0.1) is 0 Å². The highest BCUT2D eigenvalue weighted by Crippen LogP contribution is 2.34. The molecule has 156 valence electrons. The molecular formula is C17H24F2N3O4PS. The molecule has 1 fully saturated rings. The Morgan fingerprint density at radius 1 is 1.43 bits per heavy atom. The van der Waals surface area contributed by atoms with Crippen LogP contribution in [0.4, 0.5) is 14.5 Å². The van der Waals surface area contributed by atoms with Gasteiger partial charge in [-0.2, -0.15) is 8.78 Å². The maximum Gasteiger partial charge on any atom is 0.411 e. The fraction of sp³-hybridized carbons (Fsp3) is 0.471. The van der Waals surface area contributed by atoms with Gasteiger partial charge in [-0.25, -0.2) is 13.1 Å². The highest BCUT2D eigenvalue weighted by Gasteiger charge is 2.28. The van der Waals surface area contributed by atoms with Gasteiger partial charge in [-0.15, -0.1) is 0 Å². The number of anilines is 1. The number of benzene rings is 1. The third kappa shape index (κ3) is 7.00. The lowest BCUT2D eigenvalue weighted by molar-refractivity contribution is -0.130. The standard InChI is InChI=1S/C17H24F2N3O4PS/c1-3-28(24,25)21-14-5-4-10-22(12-14)16(23)11-20-13-6-8-15(9-7-13)26-17(18,19)27-2/h3,6-9,14,20-21,27H,1,4-5,10-12H2,2H3/t14-/m1/s1. The maximum atomic E-state index is 13.2. The molecule has 0 spiro atoms. The zero-order valence-corrected chi connectivity index (χ0v) is 17.3. The SMILES string of the molecule is C=CS(=O)(=O)N[C@@H]1CCCN(C(=O)CNc2ccc(OC(F)(F)PC)cc2)C1. The van der Waals surface area contributed by atoms with Gasteiger partial charge >= 0.3 is 5.85 Å². The second-order valence-electron chi connectivity index (χ2n) is 6.26. The number of carbonyl (C=O) groups is 1. The van der Waals surface area contributed by atoms with Crippen LogP contribution in [-0.4, -0.2) is 57.4 Å². The second-order valence-corrected chi connectivity index (χ2v) is 9.00. The molecule has 2 atom stereocenters. The summed E-state index contributed by atoms with van der Waals surface area (Å²) in [6, 6.07) is 5.56. The molecule has 1 aliphatic heterocycles. The molecule has 2 rings (SSSR count). The minimum Gasteiger partial charge on any atom is -0.430 e. The quantitative estimate of drug-likeness (QED) is 0.582. The third-order valence-electron chi connectivity index (χ3n) is 4.16. The molecule has 1 unspecified atom stereocenters. The van der Waals surface area contributed by atoms with Crippen molar-refractivity contribution in [2.24, 2.45) is 0 Å². The third-order valence-corrected chi connectivity index (χ3v) is 5.94. The van der Waals surface area contributed by atoms with E-state index >= 15 is 0 Å². The van der Waals surface area contributed by atoms with Crippen LogP contribution in [-0.2, 0) is 14.8 Å². The number of amides is 1. The fourth-order valence-corrected chi connectivity index (χ4v) is 3.68. The van der Waals surface area contributed by atoms with Crippen LogP contribution in [0.5, 0.6) is 5.75 Å². The highest BCUT2D eigenvalue weighted by atomic mass is 32.2. The molecule has 0 aromatic heterocycles. The molecule has 0 radical (unpaired) electrons. The van der Waals surface area contributed by atoms with Crippen molar-refractivity contribution >= 4 is 30.2 Å². The summed E-state index contributed by atoms with van der Waals surface area (Å²) in [5, 5.41) is 3.78. The summed E-state index contributed by atoms with van der Waals surface area (Å²) in [7, 11) is -4.22. The molecule has 0 aliphatic carbocycles. The Balaban J connectivity index is 1.85. The molecule has 2 N–H and O–H groups in total. The minimum absolute atomic E-state index is 0.00757. The Kier molecular flexibility index (Phi) is 7.74. The van der Waals surface area contributed by atoms with Gasteiger partial charge in [-0.1, -0.05) is 6.58 Å². The Hall–Kier alpha value is -1.77. The van der Waals surface area contributed by atoms with Crippen LogP contribution in [0.1, 0.15) is 12.8 Å². The van der Waals surface area contributed by atoms with E-state index in [0.717, 1.165) is 5.41 Å². The molecule has 1 aliphatic rings. The summed E-state index contributed by atoms with van der Waals surface area (Å²) < 4.78 is 56.7. The number of hydrogen-bond donors (Lipinski definition) is 2. The summed E-state index contributed by atoms with van der Waals surface area (Å²) in [5.41, 5.74) is 0.587. The normalized spacial score (nSPS) is 18.2. The van der Waals surface area contributed by atoms with Crippen LogP contribution in [0.15, 0.2) is 36.3 Å². The molecule has 1 amide bonds. The van der Waals surface area contributed by atoms with Gasteiger partial charge in [0.1, 0.15) is 5.75 Å². The molecule has 28 heavy (non-hydrogen) atoms. The smallest absolute Gasteiger partial charge is 0.411 e. The topological polar surface area (TPSA) is 87.7 Å². The molecule has 7 nitrogen and oxygen atoms in total. The first kappa shape index (κ1) is 22.5. The van der Waals surface area contributed by atoms with Gasteiger partial charge in [-0.3, -0.25) is 4.79 Å². The van der Waals surface area contributed by atoms with E-state index in [-0.39, 0.29) is 30.8 Å². The average Bonchev–Trinajstić information content (AvgIpc) is 2.67. The van der Waals surface area contributed by atoms with Gasteiger partial charge in [0, 0.05) is 30.2 Å². The zero-order valence-electron chi connectivity index (χ0n) is 15.5. The van der Waals surface area contributed by atoms with Gasteiger partial charge in [0.25, 0.3) is 0 Å². The predicted molar refractivity (Wildman–Crippen MR) is 107 cm³/mol. The van der Waals surface area contributed by atoms with Crippen molar-refractivity contribution < 1.29 is 26.7 Å². The predicted octanol–water partition coefficient (Wildman–Crippen LogP) is 2.39. The number of nitrogens with zero attached hydrogens (tertiary/aromatic N) is 1. The van der Waals surface area contributed by atoms with Gasteiger partial charge in [0.2, 0.25) is 15.9 Å². The van der Waals surface area contributed by atoms with Gasteiger partial charge in [0.15, 0.2) is 0 Å². The summed E-state index contributed by atoms with van der Waals surface area (Å²) in [5.74, 6) is -3.32. The Morgan fingerprint density at radius 3 is 2.71 bits per heavy atom. The number of hydrogen-bond acceptors (Lipinski definition) is 5. The molecule has 0 saturated carbocycles. The number of carbonyl (C=O) groups excluding carboxylic acids is 1. The van der Waals surface area contributed by atoms with Crippen molar-refractivity contribution in [2.45, 2.75) is 24.7 Å². The van der Waals surface area contributed by atoms with Crippen molar-refractivity contribution in [3.8, 4) is 5.75 Å². The lowest BCUT2D eigenvalue weighted by atomic mass is 10.1. The Morgan fingerprint density at radius 2 is 2.11 bits per heavy atom. The van der Waals surface area contributed by atoms with E-state index in [1.54, 1.807) is 17.0 Å². The van der Waals surface area contributed by atoms with E-state index in [1.807, 2.05) is 0 Å². The number of ether oxygens (including phenoxy) is 1. The van der Waals surface area contributed by atoms with Crippen LogP contribution in [0.2, 0.25) is 0 Å². The fourth-order valence-electron chi connectivity index (χ4n) is 2.71. The van der Waals surface area contributed by atoms with E-state index in [0.29, 0.717) is 25.1 Å². The van der Waals surface area contributed by atoms with Crippen molar-refractivity contribution in [3.05, 3.63) is 36.3 Å². The number of alkyl halides is 2.